The van der Waals surface area contributed by atoms with Gasteiger partial charge in [-0.1, -0.05) is 6.58 Å². The Hall–Kier alpha value is -1.52. The lowest BCUT2D eigenvalue weighted by Gasteiger charge is -2.36. The second-order valence-corrected chi connectivity index (χ2v) is 2.39. The molecule has 1 unspecified atom stereocenters. The Balaban J connectivity index is 2.48. The van der Waals surface area contributed by atoms with Crippen LogP contribution in [0.4, 0.5) is 4.79 Å². The van der Waals surface area contributed by atoms with Crippen molar-refractivity contribution in [1.29, 1.82) is 0 Å². The van der Waals surface area contributed by atoms with Gasteiger partial charge in [-0.15, -0.1) is 0 Å². The van der Waals surface area contributed by atoms with E-state index in [4.69, 9.17) is 5.11 Å². The van der Waals surface area contributed by atoms with E-state index in [1.807, 2.05) is 0 Å². The fourth-order valence-corrected chi connectivity index (χ4v) is 1.00. The smallest absolute Gasteiger partial charge is 0.415 e. The number of carboxylic acids is 1. The first-order valence-electron chi connectivity index (χ1n) is 3.47. The van der Waals surface area contributed by atoms with Crippen molar-refractivity contribution in [2.24, 2.45) is 0 Å². The Morgan fingerprint density at radius 3 is 2.67 bits per heavy atom. The summed E-state index contributed by atoms with van der Waals surface area (Å²) < 4.78 is 4.41. The van der Waals surface area contributed by atoms with Crippen LogP contribution in [0, 0.1) is 0 Å². The molecule has 0 radical (unpaired) electrons. The molecule has 66 valence electrons. The lowest BCUT2D eigenvalue weighted by Crippen LogP contribution is -2.54. The van der Waals surface area contributed by atoms with Crippen LogP contribution in [0.5, 0.6) is 0 Å². The number of ether oxygens (including phenoxy) is 1. The van der Waals surface area contributed by atoms with Crippen LogP contribution in [0.15, 0.2) is 12.8 Å². The lowest BCUT2D eigenvalue weighted by atomic mass is 10.1. The minimum Gasteiger partial charge on any atom is -0.480 e. The number of nitrogens with zero attached hydrogens (tertiary/aromatic N) is 1. The summed E-state index contributed by atoms with van der Waals surface area (Å²) in [7, 11) is 0. The Kier molecular flexibility index (Phi) is 2.32. The number of carboxylic acid groups (broad SMARTS) is 1. The van der Waals surface area contributed by atoms with Gasteiger partial charge in [-0.2, -0.15) is 0 Å². The molecule has 0 saturated carbocycles. The zero-order chi connectivity index (χ0) is 9.14. The molecule has 0 aromatic heterocycles. The largest absolute Gasteiger partial charge is 0.480 e. The van der Waals surface area contributed by atoms with Crippen LogP contribution >= 0.6 is 0 Å². The summed E-state index contributed by atoms with van der Waals surface area (Å²) in [6.07, 6.45) is 0.824. The van der Waals surface area contributed by atoms with Gasteiger partial charge < -0.3 is 9.84 Å². The molecule has 1 amide bonds. The van der Waals surface area contributed by atoms with Gasteiger partial charge >= 0.3 is 12.1 Å². The Bertz CT molecular complexity index is 225. The molecule has 0 bridgehead atoms. The van der Waals surface area contributed by atoms with Crippen molar-refractivity contribution < 1.29 is 19.4 Å². The molecule has 12 heavy (non-hydrogen) atoms. The summed E-state index contributed by atoms with van der Waals surface area (Å²) in [4.78, 5) is 22.5. The molecule has 5 nitrogen and oxygen atoms in total. The number of amides is 1. The molecule has 5 heteroatoms. The average Bonchev–Trinajstić information content (AvgIpc) is 1.82. The maximum atomic E-state index is 10.9. The minimum atomic E-state index is -0.998. The SMILES string of the molecule is C=COC(=O)N1CCC1C(=O)O. The predicted octanol–water partition coefficient (Wildman–Crippen LogP) is 0.425. The van der Waals surface area contributed by atoms with Crippen molar-refractivity contribution in [2.45, 2.75) is 12.5 Å². The molecule has 1 fully saturated rings. The fraction of sp³-hybridized carbons (Fsp3) is 0.429. The molecule has 1 rings (SSSR count). The molecule has 1 atom stereocenters. The van der Waals surface area contributed by atoms with Gasteiger partial charge in [0.05, 0.1) is 6.26 Å². The molecular weight excluding hydrogens is 162 g/mol. The molecule has 1 saturated heterocycles. The van der Waals surface area contributed by atoms with Crippen molar-refractivity contribution in [2.75, 3.05) is 6.54 Å². The first-order chi connectivity index (χ1) is 5.66. The highest BCUT2D eigenvalue weighted by atomic mass is 16.5. The van der Waals surface area contributed by atoms with E-state index in [2.05, 4.69) is 11.3 Å². The molecule has 0 spiro atoms. The highest BCUT2D eigenvalue weighted by Gasteiger charge is 2.38. The van der Waals surface area contributed by atoms with E-state index in [0.717, 1.165) is 11.2 Å². The van der Waals surface area contributed by atoms with Gasteiger partial charge in [-0.25, -0.2) is 9.59 Å². The van der Waals surface area contributed by atoms with E-state index in [1.165, 1.54) is 0 Å². The highest BCUT2D eigenvalue weighted by molar-refractivity contribution is 5.82. The average molecular weight is 171 g/mol. The van der Waals surface area contributed by atoms with Crippen molar-refractivity contribution in [3.8, 4) is 0 Å². The monoisotopic (exact) mass is 171 g/mol. The molecule has 1 heterocycles. The van der Waals surface area contributed by atoms with Gasteiger partial charge in [0.1, 0.15) is 6.04 Å². The molecule has 0 aromatic carbocycles. The van der Waals surface area contributed by atoms with Crippen molar-refractivity contribution >= 4 is 12.1 Å². The normalized spacial score (nSPS) is 21.0. The summed E-state index contributed by atoms with van der Waals surface area (Å²) in [5.41, 5.74) is 0. The van der Waals surface area contributed by atoms with E-state index in [0.29, 0.717) is 13.0 Å². The van der Waals surface area contributed by atoms with E-state index in [-0.39, 0.29) is 0 Å². The first kappa shape index (κ1) is 8.58. The summed E-state index contributed by atoms with van der Waals surface area (Å²) in [5, 5.41) is 8.55. The zero-order valence-corrected chi connectivity index (χ0v) is 6.40. The van der Waals surface area contributed by atoms with Crippen LogP contribution in [0.25, 0.3) is 0 Å². The Morgan fingerprint density at radius 2 is 2.33 bits per heavy atom. The lowest BCUT2D eigenvalue weighted by molar-refractivity contribution is -0.146. The van der Waals surface area contributed by atoms with Gasteiger partial charge in [0.25, 0.3) is 0 Å². The summed E-state index contributed by atoms with van der Waals surface area (Å²) in [6, 6.07) is -0.725. The van der Waals surface area contributed by atoms with Crippen LogP contribution in [0.1, 0.15) is 6.42 Å². The van der Waals surface area contributed by atoms with Gasteiger partial charge in [0.15, 0.2) is 0 Å². The summed E-state index contributed by atoms with van der Waals surface area (Å²) in [5.74, 6) is -0.998. The first-order valence-corrected chi connectivity index (χ1v) is 3.47. The fourth-order valence-electron chi connectivity index (χ4n) is 1.00. The molecule has 0 aromatic rings. The van der Waals surface area contributed by atoms with E-state index in [1.54, 1.807) is 0 Å². The number of hydrogen-bond donors (Lipinski definition) is 1. The molecule has 1 N–H and O–H groups in total. The second-order valence-electron chi connectivity index (χ2n) is 2.39. The van der Waals surface area contributed by atoms with Crippen molar-refractivity contribution in [1.82, 2.24) is 4.90 Å². The Morgan fingerprint density at radius 1 is 1.67 bits per heavy atom. The van der Waals surface area contributed by atoms with Gasteiger partial charge in [-0.3, -0.25) is 4.90 Å². The number of carbonyl (C=O) groups excluding carboxylic acids is 1. The minimum absolute atomic E-state index is 0.434. The van der Waals surface area contributed by atoms with Crippen molar-refractivity contribution in [3.05, 3.63) is 12.8 Å². The maximum Gasteiger partial charge on any atom is 0.415 e. The second kappa shape index (κ2) is 3.25. The molecule has 1 aliphatic rings. The van der Waals surface area contributed by atoms with Crippen molar-refractivity contribution in [3.63, 3.8) is 0 Å². The van der Waals surface area contributed by atoms with Crippen LogP contribution in [-0.2, 0) is 9.53 Å². The number of carbonyl (C=O) groups is 2. The molecule has 0 aliphatic carbocycles. The van der Waals surface area contributed by atoms with Gasteiger partial charge in [-0.05, 0) is 6.42 Å². The summed E-state index contributed by atoms with van der Waals surface area (Å²) in [6.45, 7) is 3.63. The quantitative estimate of drug-likeness (QED) is 0.611. The summed E-state index contributed by atoms with van der Waals surface area (Å²) >= 11 is 0. The zero-order valence-electron chi connectivity index (χ0n) is 6.40. The standard InChI is InChI=1S/C7H9NO4/c1-2-12-7(11)8-4-3-5(8)6(9)10/h2,5H,1,3-4H2,(H,9,10). The number of hydrogen-bond acceptors (Lipinski definition) is 3. The Labute approximate surface area is 69.2 Å². The van der Waals surface area contributed by atoms with Gasteiger partial charge in [0.2, 0.25) is 0 Å². The van der Waals surface area contributed by atoms with Crippen LogP contribution in [-0.4, -0.2) is 34.7 Å². The third-order valence-corrected chi connectivity index (χ3v) is 1.72. The number of aliphatic carboxylic acids is 1. The van der Waals surface area contributed by atoms with Crippen LogP contribution in [0.2, 0.25) is 0 Å². The van der Waals surface area contributed by atoms with Crippen LogP contribution < -0.4 is 0 Å². The third kappa shape index (κ3) is 1.39. The molecule has 1 aliphatic heterocycles. The predicted molar refractivity (Wildman–Crippen MR) is 39.4 cm³/mol. The maximum absolute atomic E-state index is 10.9. The van der Waals surface area contributed by atoms with Crippen LogP contribution in [0.3, 0.4) is 0 Å². The van der Waals surface area contributed by atoms with E-state index >= 15 is 0 Å². The highest BCUT2D eigenvalue weighted by Crippen LogP contribution is 2.18. The van der Waals surface area contributed by atoms with Gasteiger partial charge in [0, 0.05) is 6.54 Å². The van der Waals surface area contributed by atoms with E-state index < -0.39 is 18.1 Å². The number of rotatable bonds is 2. The van der Waals surface area contributed by atoms with E-state index in [9.17, 15) is 9.59 Å². The number of likely N-dealkylation sites (tertiary alicyclic amines) is 1. The molecular formula is C7H9NO4. The topological polar surface area (TPSA) is 66.8 Å². The third-order valence-electron chi connectivity index (χ3n) is 1.72.